The molecule has 0 saturated carbocycles. The van der Waals surface area contributed by atoms with Gasteiger partial charge in [0.25, 0.3) is 0 Å². The Morgan fingerprint density at radius 2 is 2.31 bits per heavy atom. The molecule has 0 radical (unpaired) electrons. The van der Waals surface area contributed by atoms with Crippen molar-refractivity contribution in [1.29, 1.82) is 0 Å². The Hall–Kier alpha value is -0.410. The monoisotopic (exact) mass is 194 g/mol. The van der Waals surface area contributed by atoms with Crippen molar-refractivity contribution in [2.24, 2.45) is 5.92 Å². The Balaban J connectivity index is 1.74. The first-order chi connectivity index (χ1) is 6.42. The summed E-state index contributed by atoms with van der Waals surface area (Å²) in [7, 11) is 0. The highest BCUT2D eigenvalue weighted by Crippen LogP contribution is 2.29. The lowest BCUT2D eigenvalue weighted by atomic mass is 10.0. The van der Waals surface area contributed by atoms with E-state index >= 15 is 0 Å². The summed E-state index contributed by atoms with van der Waals surface area (Å²) < 4.78 is 0. The zero-order valence-electron chi connectivity index (χ0n) is 7.68. The second-order valence-electron chi connectivity index (χ2n) is 4.06. The predicted molar refractivity (Wildman–Crippen MR) is 54.2 cm³/mol. The van der Waals surface area contributed by atoms with Crippen LogP contribution in [0.25, 0.3) is 0 Å². The summed E-state index contributed by atoms with van der Waals surface area (Å²) in [4.78, 5) is 6.27. The summed E-state index contributed by atoms with van der Waals surface area (Å²) in [6.07, 6.45) is 5.06. The Morgan fingerprint density at radius 1 is 1.38 bits per heavy atom. The van der Waals surface area contributed by atoms with Crippen molar-refractivity contribution >= 4 is 11.3 Å². The van der Waals surface area contributed by atoms with Gasteiger partial charge in [-0.1, -0.05) is 0 Å². The van der Waals surface area contributed by atoms with Gasteiger partial charge in [0.2, 0.25) is 0 Å². The Kier molecular flexibility index (Phi) is 1.87. The predicted octanol–water partition coefficient (Wildman–Crippen LogP) is 1.39. The Morgan fingerprint density at radius 3 is 3.00 bits per heavy atom. The number of aryl methyl sites for hydroxylation is 2. The van der Waals surface area contributed by atoms with Crippen LogP contribution in [0.3, 0.4) is 0 Å². The van der Waals surface area contributed by atoms with Gasteiger partial charge in [0, 0.05) is 11.3 Å². The molecule has 0 atom stereocenters. The van der Waals surface area contributed by atoms with E-state index in [9.17, 15) is 0 Å². The van der Waals surface area contributed by atoms with Crippen molar-refractivity contribution < 1.29 is 0 Å². The minimum absolute atomic E-state index is 0.867. The maximum atomic E-state index is 4.70. The lowest BCUT2D eigenvalue weighted by Gasteiger charge is -2.25. The molecule has 70 valence electrons. The van der Waals surface area contributed by atoms with Gasteiger partial charge in [0.1, 0.15) is 0 Å². The van der Waals surface area contributed by atoms with Crippen LogP contribution in [0, 0.1) is 5.92 Å². The van der Waals surface area contributed by atoms with Crippen LogP contribution in [0.1, 0.15) is 22.0 Å². The topological polar surface area (TPSA) is 24.9 Å². The third-order valence-corrected chi connectivity index (χ3v) is 4.15. The first kappa shape index (κ1) is 7.94. The summed E-state index contributed by atoms with van der Waals surface area (Å²) >= 11 is 1.96. The highest BCUT2D eigenvalue weighted by atomic mass is 32.1. The van der Waals surface area contributed by atoms with Crippen LogP contribution in [-0.2, 0) is 19.3 Å². The molecular weight excluding hydrogens is 180 g/mol. The highest BCUT2D eigenvalue weighted by molar-refractivity contribution is 7.11. The molecule has 1 saturated heterocycles. The molecule has 2 heterocycles. The maximum absolute atomic E-state index is 4.70. The SMILES string of the molecule is C1Cc2nc(CC3CNC3)sc2C1. The van der Waals surface area contributed by atoms with Gasteiger partial charge >= 0.3 is 0 Å². The normalized spacial score (nSPS) is 21.5. The van der Waals surface area contributed by atoms with Gasteiger partial charge < -0.3 is 5.32 Å². The van der Waals surface area contributed by atoms with Gasteiger partial charge in [-0.25, -0.2) is 4.98 Å². The summed E-state index contributed by atoms with van der Waals surface area (Å²) in [6.45, 7) is 2.40. The number of nitrogens with zero attached hydrogens (tertiary/aromatic N) is 1. The third-order valence-electron chi connectivity index (χ3n) is 2.97. The molecule has 2 aliphatic rings. The second-order valence-corrected chi connectivity index (χ2v) is 5.23. The van der Waals surface area contributed by atoms with Gasteiger partial charge in [0.05, 0.1) is 10.7 Å². The quantitative estimate of drug-likeness (QED) is 0.769. The maximum Gasteiger partial charge on any atom is 0.0934 e. The van der Waals surface area contributed by atoms with Crippen molar-refractivity contribution in [2.75, 3.05) is 13.1 Å². The fourth-order valence-corrected chi connectivity index (χ4v) is 3.34. The molecule has 0 spiro atoms. The summed E-state index contributed by atoms with van der Waals surface area (Å²) in [5.74, 6) is 0.867. The average Bonchev–Trinajstić information content (AvgIpc) is 2.54. The van der Waals surface area contributed by atoms with E-state index in [-0.39, 0.29) is 0 Å². The number of hydrogen-bond acceptors (Lipinski definition) is 3. The van der Waals surface area contributed by atoms with Crippen molar-refractivity contribution in [3.8, 4) is 0 Å². The summed E-state index contributed by atoms with van der Waals surface area (Å²) in [5.41, 5.74) is 1.41. The molecule has 13 heavy (non-hydrogen) atoms. The van der Waals surface area contributed by atoms with Gasteiger partial charge in [-0.3, -0.25) is 0 Å². The number of aromatic nitrogens is 1. The van der Waals surface area contributed by atoms with Crippen LogP contribution < -0.4 is 5.32 Å². The van der Waals surface area contributed by atoms with E-state index in [1.165, 1.54) is 49.5 Å². The van der Waals surface area contributed by atoms with Crippen LogP contribution in [0.5, 0.6) is 0 Å². The average molecular weight is 194 g/mol. The fraction of sp³-hybridized carbons (Fsp3) is 0.700. The van der Waals surface area contributed by atoms with Crippen LogP contribution in [0.2, 0.25) is 0 Å². The fourth-order valence-electron chi connectivity index (χ4n) is 2.07. The lowest BCUT2D eigenvalue weighted by Crippen LogP contribution is -2.43. The number of nitrogens with one attached hydrogen (secondary N) is 1. The smallest absolute Gasteiger partial charge is 0.0934 e. The van der Waals surface area contributed by atoms with E-state index in [1.54, 1.807) is 4.88 Å². The minimum atomic E-state index is 0.867. The van der Waals surface area contributed by atoms with Crippen molar-refractivity contribution in [3.05, 3.63) is 15.6 Å². The van der Waals surface area contributed by atoms with Gasteiger partial charge in [-0.15, -0.1) is 11.3 Å². The molecular formula is C10H14N2S. The molecule has 2 nitrogen and oxygen atoms in total. The number of hydrogen-bond donors (Lipinski definition) is 1. The first-order valence-corrected chi connectivity index (χ1v) is 5.91. The third kappa shape index (κ3) is 1.40. The Bertz CT molecular complexity index is 293. The van der Waals surface area contributed by atoms with E-state index in [4.69, 9.17) is 4.98 Å². The van der Waals surface area contributed by atoms with Crippen LogP contribution >= 0.6 is 11.3 Å². The van der Waals surface area contributed by atoms with Crippen LogP contribution in [0.15, 0.2) is 0 Å². The molecule has 3 heteroatoms. The molecule has 1 aromatic rings. The minimum Gasteiger partial charge on any atom is -0.316 e. The molecule has 3 rings (SSSR count). The van der Waals surface area contributed by atoms with Crippen LogP contribution in [-0.4, -0.2) is 18.1 Å². The molecule has 0 bridgehead atoms. The number of rotatable bonds is 2. The molecule has 1 aliphatic carbocycles. The zero-order valence-corrected chi connectivity index (χ0v) is 8.49. The summed E-state index contributed by atoms with van der Waals surface area (Å²) in [5, 5.41) is 4.69. The van der Waals surface area contributed by atoms with Crippen molar-refractivity contribution in [2.45, 2.75) is 25.7 Å². The second kappa shape index (κ2) is 3.07. The molecule has 0 aromatic carbocycles. The van der Waals surface area contributed by atoms with E-state index < -0.39 is 0 Å². The zero-order chi connectivity index (χ0) is 8.67. The van der Waals surface area contributed by atoms with E-state index in [1.807, 2.05) is 11.3 Å². The molecule has 0 amide bonds. The number of thiazole rings is 1. The molecule has 1 aliphatic heterocycles. The number of fused-ring (bicyclic) bond motifs is 1. The lowest BCUT2D eigenvalue weighted by molar-refractivity contribution is 0.346. The van der Waals surface area contributed by atoms with E-state index in [2.05, 4.69) is 5.32 Å². The van der Waals surface area contributed by atoms with Gasteiger partial charge in [0.15, 0.2) is 0 Å². The molecule has 0 unspecified atom stereocenters. The molecule has 1 aromatic heterocycles. The largest absolute Gasteiger partial charge is 0.316 e. The van der Waals surface area contributed by atoms with Crippen molar-refractivity contribution in [1.82, 2.24) is 10.3 Å². The standard InChI is InChI=1S/C10H14N2S/c1-2-8-9(3-1)13-10(12-8)4-7-5-11-6-7/h7,11H,1-6H2. The van der Waals surface area contributed by atoms with E-state index in [0.29, 0.717) is 0 Å². The molecule has 1 fully saturated rings. The van der Waals surface area contributed by atoms with E-state index in [0.717, 1.165) is 5.92 Å². The Labute approximate surface area is 82.4 Å². The van der Waals surface area contributed by atoms with Gasteiger partial charge in [-0.2, -0.15) is 0 Å². The highest BCUT2D eigenvalue weighted by Gasteiger charge is 2.21. The summed E-state index contributed by atoms with van der Waals surface area (Å²) in [6, 6.07) is 0. The van der Waals surface area contributed by atoms with Gasteiger partial charge in [-0.05, 0) is 38.3 Å². The molecule has 1 N–H and O–H groups in total. The van der Waals surface area contributed by atoms with Crippen molar-refractivity contribution in [3.63, 3.8) is 0 Å². The first-order valence-electron chi connectivity index (χ1n) is 5.10. The van der Waals surface area contributed by atoms with Crippen LogP contribution in [0.4, 0.5) is 0 Å².